The van der Waals surface area contributed by atoms with E-state index in [2.05, 4.69) is 4.98 Å². The number of methoxy groups -OCH3 is 1. The quantitative estimate of drug-likeness (QED) is 0.795. The van der Waals surface area contributed by atoms with Crippen molar-refractivity contribution in [3.63, 3.8) is 0 Å². The summed E-state index contributed by atoms with van der Waals surface area (Å²) in [4.78, 5) is 6.46. The van der Waals surface area contributed by atoms with E-state index < -0.39 is 0 Å². The van der Waals surface area contributed by atoms with Gasteiger partial charge in [-0.2, -0.15) is 0 Å². The standard InChI is InChI=1S/C15H20N2O3/c1-20-9-7-17(6-8-18)15-10-12(11-19)16-14-5-3-2-4-13(14)15/h2-5,10,18-19H,6-9,11H2,1H3. The Hall–Kier alpha value is -1.69. The zero-order valence-corrected chi connectivity index (χ0v) is 11.6. The molecular weight excluding hydrogens is 256 g/mol. The van der Waals surface area contributed by atoms with E-state index in [-0.39, 0.29) is 13.2 Å². The SMILES string of the molecule is COCCN(CCO)c1cc(CO)nc2ccccc12. The van der Waals surface area contributed by atoms with Gasteiger partial charge in [-0.3, -0.25) is 4.98 Å². The first-order valence-corrected chi connectivity index (χ1v) is 6.64. The molecule has 1 aromatic heterocycles. The number of para-hydroxylation sites is 1. The Labute approximate surface area is 118 Å². The average molecular weight is 276 g/mol. The molecule has 108 valence electrons. The maximum absolute atomic E-state index is 9.35. The van der Waals surface area contributed by atoms with Crippen LogP contribution in [0.5, 0.6) is 0 Å². The van der Waals surface area contributed by atoms with Crippen LogP contribution in [0.2, 0.25) is 0 Å². The molecule has 0 aliphatic rings. The molecule has 1 aromatic carbocycles. The second-order valence-electron chi connectivity index (χ2n) is 4.51. The fourth-order valence-corrected chi connectivity index (χ4v) is 2.23. The Morgan fingerprint density at radius 3 is 2.70 bits per heavy atom. The molecule has 2 aromatic rings. The minimum Gasteiger partial charge on any atom is -0.395 e. The maximum Gasteiger partial charge on any atom is 0.0854 e. The molecular formula is C15H20N2O3. The molecule has 0 amide bonds. The molecule has 0 unspecified atom stereocenters. The number of nitrogens with zero attached hydrogens (tertiary/aromatic N) is 2. The largest absolute Gasteiger partial charge is 0.395 e. The number of benzene rings is 1. The smallest absolute Gasteiger partial charge is 0.0854 e. The van der Waals surface area contributed by atoms with Gasteiger partial charge >= 0.3 is 0 Å². The summed E-state index contributed by atoms with van der Waals surface area (Å²) in [6.07, 6.45) is 0. The Balaban J connectivity index is 2.47. The Morgan fingerprint density at radius 2 is 2.00 bits per heavy atom. The first kappa shape index (κ1) is 14.7. The van der Waals surface area contributed by atoms with E-state index in [0.717, 1.165) is 16.6 Å². The summed E-state index contributed by atoms with van der Waals surface area (Å²) >= 11 is 0. The molecule has 5 nitrogen and oxygen atoms in total. The third-order valence-corrected chi connectivity index (χ3v) is 3.19. The molecule has 20 heavy (non-hydrogen) atoms. The van der Waals surface area contributed by atoms with Crippen LogP contribution >= 0.6 is 0 Å². The molecule has 2 N–H and O–H groups in total. The van der Waals surface area contributed by atoms with Crippen LogP contribution in [-0.4, -0.2) is 48.6 Å². The lowest BCUT2D eigenvalue weighted by atomic mass is 10.1. The van der Waals surface area contributed by atoms with Crippen molar-refractivity contribution in [3.8, 4) is 0 Å². The van der Waals surface area contributed by atoms with Gasteiger partial charge in [0.2, 0.25) is 0 Å². The van der Waals surface area contributed by atoms with Crippen LogP contribution in [0.25, 0.3) is 10.9 Å². The topological polar surface area (TPSA) is 65.8 Å². The van der Waals surface area contributed by atoms with Crippen LogP contribution in [0.1, 0.15) is 5.69 Å². The van der Waals surface area contributed by atoms with E-state index in [4.69, 9.17) is 4.74 Å². The minimum atomic E-state index is -0.102. The molecule has 0 fully saturated rings. The summed E-state index contributed by atoms with van der Waals surface area (Å²) in [6, 6.07) is 9.67. The maximum atomic E-state index is 9.35. The molecule has 0 aliphatic heterocycles. The molecule has 0 saturated carbocycles. The number of ether oxygens (including phenoxy) is 1. The van der Waals surface area contributed by atoms with E-state index in [9.17, 15) is 10.2 Å². The number of aliphatic hydroxyl groups is 2. The van der Waals surface area contributed by atoms with Gasteiger partial charge in [0.25, 0.3) is 0 Å². The number of hydrogen-bond donors (Lipinski definition) is 2. The van der Waals surface area contributed by atoms with Gasteiger partial charge in [-0.1, -0.05) is 18.2 Å². The molecule has 1 heterocycles. The lowest BCUT2D eigenvalue weighted by Crippen LogP contribution is -2.30. The highest BCUT2D eigenvalue weighted by Crippen LogP contribution is 2.26. The second kappa shape index (κ2) is 7.19. The van der Waals surface area contributed by atoms with Crippen molar-refractivity contribution in [2.24, 2.45) is 0 Å². The second-order valence-corrected chi connectivity index (χ2v) is 4.51. The van der Waals surface area contributed by atoms with Crippen LogP contribution < -0.4 is 4.90 Å². The van der Waals surface area contributed by atoms with Gasteiger partial charge in [0.05, 0.1) is 31.0 Å². The highest BCUT2D eigenvalue weighted by Gasteiger charge is 2.12. The normalized spacial score (nSPS) is 10.9. The molecule has 2 rings (SSSR count). The number of hydrogen-bond acceptors (Lipinski definition) is 5. The summed E-state index contributed by atoms with van der Waals surface area (Å²) in [5.74, 6) is 0. The molecule has 0 radical (unpaired) electrons. The Bertz CT molecular complexity index is 560. The predicted octanol–water partition coefficient (Wildman–Crippen LogP) is 1.17. The Kier molecular flexibility index (Phi) is 5.29. The van der Waals surface area contributed by atoms with Crippen LogP contribution in [-0.2, 0) is 11.3 Å². The number of aliphatic hydroxyl groups excluding tert-OH is 2. The summed E-state index contributed by atoms with van der Waals surface area (Å²) in [5, 5.41) is 19.6. The zero-order chi connectivity index (χ0) is 14.4. The van der Waals surface area contributed by atoms with Crippen molar-refractivity contribution < 1.29 is 14.9 Å². The van der Waals surface area contributed by atoms with E-state index in [1.807, 2.05) is 35.2 Å². The van der Waals surface area contributed by atoms with Gasteiger partial charge in [-0.15, -0.1) is 0 Å². The van der Waals surface area contributed by atoms with Gasteiger partial charge in [0.1, 0.15) is 0 Å². The number of aromatic nitrogens is 1. The van der Waals surface area contributed by atoms with E-state index in [1.165, 1.54) is 0 Å². The Morgan fingerprint density at radius 1 is 1.20 bits per heavy atom. The predicted molar refractivity (Wildman–Crippen MR) is 78.8 cm³/mol. The first-order chi connectivity index (χ1) is 9.80. The monoisotopic (exact) mass is 276 g/mol. The summed E-state index contributed by atoms with van der Waals surface area (Å²) in [5.41, 5.74) is 2.43. The van der Waals surface area contributed by atoms with Crippen molar-refractivity contribution >= 4 is 16.6 Å². The lowest BCUT2D eigenvalue weighted by Gasteiger charge is -2.25. The van der Waals surface area contributed by atoms with Crippen LogP contribution in [0.3, 0.4) is 0 Å². The van der Waals surface area contributed by atoms with Gasteiger partial charge < -0.3 is 19.8 Å². The third kappa shape index (κ3) is 3.25. The van der Waals surface area contributed by atoms with E-state index in [0.29, 0.717) is 25.4 Å². The lowest BCUT2D eigenvalue weighted by molar-refractivity contribution is 0.203. The molecule has 0 atom stereocenters. The van der Waals surface area contributed by atoms with Crippen molar-refractivity contribution in [2.75, 3.05) is 38.3 Å². The average Bonchev–Trinajstić information content (AvgIpc) is 2.50. The summed E-state index contributed by atoms with van der Waals surface area (Å²) in [7, 11) is 1.65. The van der Waals surface area contributed by atoms with E-state index >= 15 is 0 Å². The molecule has 0 bridgehead atoms. The molecule has 0 saturated heterocycles. The van der Waals surface area contributed by atoms with Crippen LogP contribution in [0, 0.1) is 0 Å². The van der Waals surface area contributed by atoms with Gasteiger partial charge in [0, 0.05) is 31.3 Å². The number of pyridine rings is 1. The number of rotatable bonds is 7. The zero-order valence-electron chi connectivity index (χ0n) is 11.6. The molecule has 0 aliphatic carbocycles. The first-order valence-electron chi connectivity index (χ1n) is 6.64. The highest BCUT2D eigenvalue weighted by atomic mass is 16.5. The molecule has 0 spiro atoms. The fourth-order valence-electron chi connectivity index (χ4n) is 2.23. The van der Waals surface area contributed by atoms with Gasteiger partial charge in [0.15, 0.2) is 0 Å². The number of fused-ring (bicyclic) bond motifs is 1. The minimum absolute atomic E-state index is 0.0643. The highest BCUT2D eigenvalue weighted by molar-refractivity contribution is 5.92. The van der Waals surface area contributed by atoms with Crippen molar-refractivity contribution in [1.29, 1.82) is 0 Å². The van der Waals surface area contributed by atoms with Crippen molar-refractivity contribution in [1.82, 2.24) is 4.98 Å². The van der Waals surface area contributed by atoms with Gasteiger partial charge in [-0.25, -0.2) is 0 Å². The molecule has 5 heteroatoms. The summed E-state index contributed by atoms with van der Waals surface area (Å²) < 4.78 is 5.12. The van der Waals surface area contributed by atoms with Gasteiger partial charge in [-0.05, 0) is 12.1 Å². The number of anilines is 1. The van der Waals surface area contributed by atoms with E-state index in [1.54, 1.807) is 7.11 Å². The van der Waals surface area contributed by atoms with Crippen molar-refractivity contribution in [2.45, 2.75) is 6.61 Å². The summed E-state index contributed by atoms with van der Waals surface area (Å²) in [6.45, 7) is 1.73. The third-order valence-electron chi connectivity index (χ3n) is 3.19. The van der Waals surface area contributed by atoms with Crippen molar-refractivity contribution in [3.05, 3.63) is 36.0 Å². The van der Waals surface area contributed by atoms with Crippen LogP contribution in [0.15, 0.2) is 30.3 Å². The fraction of sp³-hybridized carbons (Fsp3) is 0.400. The van der Waals surface area contributed by atoms with Crippen LogP contribution in [0.4, 0.5) is 5.69 Å².